The third-order valence-corrected chi connectivity index (χ3v) is 5.63. The molecular formula is C21H25N3O3. The van der Waals surface area contributed by atoms with Crippen molar-refractivity contribution in [2.24, 2.45) is 5.92 Å². The van der Waals surface area contributed by atoms with Crippen LogP contribution in [0.15, 0.2) is 42.7 Å². The van der Waals surface area contributed by atoms with Crippen LogP contribution in [0.2, 0.25) is 0 Å². The largest absolute Gasteiger partial charge is 0.504 e. The second-order valence-corrected chi connectivity index (χ2v) is 7.47. The first kappa shape index (κ1) is 17.8. The van der Waals surface area contributed by atoms with Crippen molar-refractivity contribution >= 4 is 5.91 Å². The third-order valence-electron chi connectivity index (χ3n) is 5.63. The summed E-state index contributed by atoms with van der Waals surface area (Å²) in [4.78, 5) is 21.8. The Hall–Kier alpha value is -2.60. The molecule has 1 aromatic carbocycles. The smallest absolute Gasteiger partial charge is 0.258 e. The molecule has 3 saturated heterocycles. The fraction of sp³-hybridized carbons (Fsp3) is 0.429. The van der Waals surface area contributed by atoms with Gasteiger partial charge in [-0.3, -0.25) is 14.7 Å². The molecule has 0 aliphatic carbocycles. The van der Waals surface area contributed by atoms with Crippen LogP contribution in [0.1, 0.15) is 28.8 Å². The SMILES string of the molecule is COc1cccc(C(=O)N2C[C@H]3CC[C@@H]2CN(Cc2cccnc2)C3)c1O. The summed E-state index contributed by atoms with van der Waals surface area (Å²) in [6.45, 7) is 3.43. The number of phenolic OH excluding ortho intramolecular Hbond substituents is 1. The molecule has 0 spiro atoms. The van der Waals surface area contributed by atoms with Gasteiger partial charge in [-0.1, -0.05) is 12.1 Å². The average Bonchev–Trinajstić information content (AvgIpc) is 2.99. The lowest BCUT2D eigenvalue weighted by molar-refractivity contribution is 0.0581. The molecule has 6 nitrogen and oxygen atoms in total. The monoisotopic (exact) mass is 367 g/mol. The molecule has 142 valence electrons. The zero-order chi connectivity index (χ0) is 18.8. The highest BCUT2D eigenvalue weighted by molar-refractivity contribution is 5.98. The number of aromatic hydroxyl groups is 1. The molecule has 3 aliphatic heterocycles. The summed E-state index contributed by atoms with van der Waals surface area (Å²) >= 11 is 0. The number of ether oxygens (including phenoxy) is 1. The second kappa shape index (κ2) is 7.56. The molecule has 2 aromatic rings. The molecule has 1 N–H and O–H groups in total. The van der Waals surface area contributed by atoms with Crippen LogP contribution in [0.3, 0.4) is 0 Å². The first-order valence-corrected chi connectivity index (χ1v) is 9.44. The van der Waals surface area contributed by atoms with Crippen LogP contribution < -0.4 is 4.74 Å². The van der Waals surface area contributed by atoms with Gasteiger partial charge in [0.25, 0.3) is 5.91 Å². The van der Waals surface area contributed by atoms with Gasteiger partial charge in [0, 0.05) is 44.6 Å². The molecule has 1 aromatic heterocycles. The average molecular weight is 367 g/mol. The summed E-state index contributed by atoms with van der Waals surface area (Å²) in [7, 11) is 1.49. The number of aromatic nitrogens is 1. The molecular weight excluding hydrogens is 342 g/mol. The minimum absolute atomic E-state index is 0.0719. The van der Waals surface area contributed by atoms with Gasteiger partial charge >= 0.3 is 0 Å². The van der Waals surface area contributed by atoms with Crippen molar-refractivity contribution in [1.29, 1.82) is 0 Å². The third kappa shape index (κ3) is 3.62. The minimum atomic E-state index is -0.107. The van der Waals surface area contributed by atoms with E-state index in [0.29, 0.717) is 17.2 Å². The number of fused-ring (bicyclic) bond motifs is 4. The molecule has 0 saturated carbocycles. The number of benzene rings is 1. The Balaban J connectivity index is 1.53. The maximum Gasteiger partial charge on any atom is 0.258 e. The van der Waals surface area contributed by atoms with Gasteiger partial charge in [0.2, 0.25) is 0 Å². The van der Waals surface area contributed by atoms with Gasteiger partial charge in [0.05, 0.1) is 12.7 Å². The number of para-hydroxylation sites is 1. The summed E-state index contributed by atoms with van der Waals surface area (Å²) in [6.07, 6.45) is 5.84. The molecule has 0 unspecified atom stereocenters. The number of carbonyl (C=O) groups excluding carboxylic acids is 1. The van der Waals surface area contributed by atoms with Crippen LogP contribution >= 0.6 is 0 Å². The molecule has 0 radical (unpaired) electrons. The highest BCUT2D eigenvalue weighted by Gasteiger charge is 2.38. The van der Waals surface area contributed by atoms with Gasteiger partial charge in [-0.2, -0.15) is 0 Å². The van der Waals surface area contributed by atoms with E-state index in [1.807, 2.05) is 17.2 Å². The van der Waals surface area contributed by atoms with Crippen molar-refractivity contribution < 1.29 is 14.6 Å². The number of methoxy groups -OCH3 is 1. The topological polar surface area (TPSA) is 65.9 Å². The molecule has 3 aliphatic rings. The summed E-state index contributed by atoms with van der Waals surface area (Å²) in [6, 6.07) is 9.30. The molecule has 2 bridgehead atoms. The number of carbonyl (C=O) groups is 1. The fourth-order valence-electron chi connectivity index (χ4n) is 4.32. The normalized spacial score (nSPS) is 22.5. The van der Waals surface area contributed by atoms with E-state index in [0.717, 1.165) is 39.0 Å². The van der Waals surface area contributed by atoms with Crippen molar-refractivity contribution in [3.05, 3.63) is 53.9 Å². The van der Waals surface area contributed by atoms with Gasteiger partial charge in [-0.25, -0.2) is 0 Å². The predicted molar refractivity (Wildman–Crippen MR) is 102 cm³/mol. The first-order chi connectivity index (χ1) is 13.2. The number of hydrogen-bond acceptors (Lipinski definition) is 5. The number of phenols is 1. The lowest BCUT2D eigenvalue weighted by Crippen LogP contribution is -2.47. The fourth-order valence-corrected chi connectivity index (χ4v) is 4.32. The Morgan fingerprint density at radius 3 is 2.89 bits per heavy atom. The summed E-state index contributed by atoms with van der Waals surface area (Å²) < 4.78 is 5.16. The van der Waals surface area contributed by atoms with E-state index in [1.165, 1.54) is 12.7 Å². The summed E-state index contributed by atoms with van der Waals surface area (Å²) in [5.41, 5.74) is 1.52. The van der Waals surface area contributed by atoms with Crippen molar-refractivity contribution in [3.8, 4) is 11.5 Å². The Morgan fingerprint density at radius 1 is 1.22 bits per heavy atom. The van der Waals surface area contributed by atoms with Gasteiger partial charge in [0.1, 0.15) is 0 Å². The number of amides is 1. The van der Waals surface area contributed by atoms with E-state index < -0.39 is 0 Å². The van der Waals surface area contributed by atoms with Crippen molar-refractivity contribution in [2.45, 2.75) is 25.4 Å². The van der Waals surface area contributed by atoms with Gasteiger partial charge in [0.15, 0.2) is 11.5 Å². The number of rotatable bonds is 4. The van der Waals surface area contributed by atoms with Gasteiger partial charge < -0.3 is 14.7 Å². The number of hydrogen-bond donors (Lipinski definition) is 1. The highest BCUT2D eigenvalue weighted by Crippen LogP contribution is 2.34. The Kier molecular flexibility index (Phi) is 4.99. The van der Waals surface area contributed by atoms with Crippen molar-refractivity contribution in [3.63, 3.8) is 0 Å². The lowest BCUT2D eigenvalue weighted by Gasteiger charge is -2.36. The quantitative estimate of drug-likeness (QED) is 0.900. The van der Waals surface area contributed by atoms with E-state index in [-0.39, 0.29) is 17.7 Å². The maximum absolute atomic E-state index is 13.2. The Bertz CT molecular complexity index is 812. The van der Waals surface area contributed by atoms with Gasteiger partial charge in [-0.15, -0.1) is 0 Å². The molecule has 4 heterocycles. The molecule has 3 fully saturated rings. The lowest BCUT2D eigenvalue weighted by atomic mass is 9.94. The molecule has 27 heavy (non-hydrogen) atoms. The number of piperidine rings is 1. The Morgan fingerprint density at radius 2 is 2.11 bits per heavy atom. The number of pyridine rings is 1. The van der Waals surface area contributed by atoms with Crippen molar-refractivity contribution in [2.75, 3.05) is 26.7 Å². The van der Waals surface area contributed by atoms with Crippen LogP contribution in [-0.4, -0.2) is 58.6 Å². The van der Waals surface area contributed by atoms with E-state index >= 15 is 0 Å². The van der Waals surface area contributed by atoms with Gasteiger partial charge in [-0.05, 0) is 42.5 Å². The van der Waals surface area contributed by atoms with E-state index in [4.69, 9.17) is 4.74 Å². The van der Waals surface area contributed by atoms with Crippen LogP contribution in [0.5, 0.6) is 11.5 Å². The zero-order valence-corrected chi connectivity index (χ0v) is 15.5. The highest BCUT2D eigenvalue weighted by atomic mass is 16.5. The Labute approximate surface area is 159 Å². The predicted octanol–water partition coefficient (Wildman–Crippen LogP) is 2.53. The molecule has 1 amide bonds. The van der Waals surface area contributed by atoms with Crippen LogP contribution in [0.4, 0.5) is 0 Å². The number of nitrogens with zero attached hydrogens (tertiary/aromatic N) is 3. The van der Waals surface area contributed by atoms with E-state index in [9.17, 15) is 9.90 Å². The first-order valence-electron chi connectivity index (χ1n) is 9.44. The van der Waals surface area contributed by atoms with E-state index in [2.05, 4.69) is 16.0 Å². The summed E-state index contributed by atoms with van der Waals surface area (Å²) in [5, 5.41) is 10.4. The van der Waals surface area contributed by atoms with Crippen LogP contribution in [0, 0.1) is 5.92 Å². The molecule has 5 rings (SSSR count). The van der Waals surface area contributed by atoms with Crippen LogP contribution in [0.25, 0.3) is 0 Å². The zero-order valence-electron chi connectivity index (χ0n) is 15.5. The van der Waals surface area contributed by atoms with E-state index in [1.54, 1.807) is 24.4 Å². The summed E-state index contributed by atoms with van der Waals surface area (Å²) in [5.74, 6) is 0.609. The maximum atomic E-state index is 13.2. The van der Waals surface area contributed by atoms with Crippen molar-refractivity contribution in [1.82, 2.24) is 14.8 Å². The minimum Gasteiger partial charge on any atom is -0.504 e. The van der Waals surface area contributed by atoms with Crippen LogP contribution in [-0.2, 0) is 6.54 Å². The molecule has 2 atom stereocenters. The second-order valence-electron chi connectivity index (χ2n) is 7.47. The molecule has 6 heteroatoms. The standard InChI is InChI=1S/C21H25N3O3/c1-27-19-6-2-5-18(20(19)25)21(26)24-13-16-7-8-17(24)14-23(12-16)11-15-4-3-9-22-10-15/h2-6,9-10,16-17,25H,7-8,11-14H2,1H3/t16-,17+/m0/s1.